The summed E-state index contributed by atoms with van der Waals surface area (Å²) in [5, 5.41) is 11.4. The van der Waals surface area contributed by atoms with Gasteiger partial charge in [-0.1, -0.05) is 19.1 Å². The number of likely N-dealkylation sites (tertiary alicyclic amines) is 1. The normalized spacial score (nSPS) is 17.5. The molecule has 2 aromatic rings. The van der Waals surface area contributed by atoms with Crippen LogP contribution in [0.5, 0.6) is 5.75 Å². The summed E-state index contributed by atoms with van der Waals surface area (Å²) in [6.07, 6.45) is 5.26. The van der Waals surface area contributed by atoms with Gasteiger partial charge >= 0.3 is 0 Å². The van der Waals surface area contributed by atoms with Crippen LogP contribution in [0, 0.1) is 11.1 Å². The molecule has 0 bridgehead atoms. The monoisotopic (exact) mass is 422 g/mol. The minimum Gasteiger partial charge on any atom is -0.618 e. The molecule has 1 atom stereocenters. The average Bonchev–Trinajstić information content (AvgIpc) is 2.62. The summed E-state index contributed by atoms with van der Waals surface area (Å²) < 4.78 is 7.17. The molecule has 1 aliphatic rings. The first-order valence-corrected chi connectivity index (χ1v) is 9.75. The molecule has 0 amide bonds. The van der Waals surface area contributed by atoms with Gasteiger partial charge in [-0.2, -0.15) is 4.73 Å². The van der Waals surface area contributed by atoms with E-state index in [9.17, 15) is 5.21 Å². The molecule has 0 spiro atoms. The molecule has 0 unspecified atom stereocenters. The van der Waals surface area contributed by atoms with Crippen molar-refractivity contribution in [3.05, 3.63) is 52.4 Å². The first kappa shape index (κ1) is 20.7. The fraction of sp³-hybridized carbons (Fsp3) is 0.450. The molecule has 1 saturated heterocycles. The Kier molecular flexibility index (Phi) is 7.87. The molecule has 26 heavy (non-hydrogen) atoms. The van der Waals surface area contributed by atoms with Gasteiger partial charge in [-0.15, -0.1) is 0 Å². The third-order valence-corrected chi connectivity index (χ3v) is 5.27. The first-order valence-electron chi connectivity index (χ1n) is 8.96. The smallest absolute Gasteiger partial charge is 0.259 e. The van der Waals surface area contributed by atoms with E-state index in [0.717, 1.165) is 47.1 Å². The molecule has 2 N–H and O–H groups in total. The van der Waals surface area contributed by atoms with E-state index in [1.807, 2.05) is 36.4 Å². The molecule has 1 aliphatic heterocycles. The van der Waals surface area contributed by atoms with Gasteiger partial charge in [-0.05, 0) is 55.0 Å². The number of hydrogen-bond donors (Lipinski definition) is 0. The number of rotatable bonds is 6. The molecule has 1 aromatic carbocycles. The highest BCUT2D eigenvalue weighted by molar-refractivity contribution is 9.10. The topological polar surface area (TPSA) is 70.9 Å². The fourth-order valence-corrected chi connectivity index (χ4v) is 3.72. The summed E-state index contributed by atoms with van der Waals surface area (Å²) >= 11 is 3.26. The van der Waals surface area contributed by atoms with Crippen LogP contribution in [-0.4, -0.2) is 36.6 Å². The Labute approximate surface area is 163 Å². The maximum Gasteiger partial charge on any atom is 0.259 e. The lowest BCUT2D eigenvalue weighted by atomic mass is 10.0. The van der Waals surface area contributed by atoms with E-state index in [1.54, 1.807) is 0 Å². The molecule has 0 aliphatic carbocycles. The van der Waals surface area contributed by atoms with E-state index in [0.29, 0.717) is 4.60 Å². The average molecular weight is 423 g/mol. The van der Waals surface area contributed by atoms with E-state index in [-0.39, 0.29) is 5.48 Å². The quantitative estimate of drug-likeness (QED) is 0.309. The van der Waals surface area contributed by atoms with Gasteiger partial charge in [0.1, 0.15) is 5.75 Å². The van der Waals surface area contributed by atoms with E-state index in [1.165, 1.54) is 32.1 Å². The lowest BCUT2D eigenvalue weighted by Crippen LogP contribution is -2.35. The van der Waals surface area contributed by atoms with Crippen molar-refractivity contribution in [2.75, 3.05) is 26.2 Å². The van der Waals surface area contributed by atoms with Crippen molar-refractivity contribution in [2.24, 2.45) is 5.92 Å². The summed E-state index contributed by atoms with van der Waals surface area (Å²) in [5.41, 5.74) is 2.07. The molecule has 1 fully saturated rings. The molecular formula is C20H27BrN2O3. The Morgan fingerprint density at radius 2 is 2.00 bits per heavy atom. The zero-order chi connectivity index (χ0) is 17.6. The number of hydrogen-bond acceptors (Lipinski definition) is 3. The minimum absolute atomic E-state index is 0. The van der Waals surface area contributed by atoms with E-state index < -0.39 is 0 Å². The Hall–Kier alpha value is -1.63. The van der Waals surface area contributed by atoms with Gasteiger partial charge in [-0.25, -0.2) is 0 Å². The van der Waals surface area contributed by atoms with Gasteiger partial charge < -0.3 is 20.3 Å². The summed E-state index contributed by atoms with van der Waals surface area (Å²) in [4.78, 5) is 2.55. The maximum atomic E-state index is 11.4. The van der Waals surface area contributed by atoms with Crippen LogP contribution >= 0.6 is 15.9 Å². The number of pyridine rings is 1. The van der Waals surface area contributed by atoms with Gasteiger partial charge in [0.25, 0.3) is 4.60 Å². The standard InChI is InChI=1S/C20H25BrN2O2.H2O/c1-16-4-2-10-22(15-16)11-3-13-25-19-7-5-17(6-8-19)18-9-12-23(24)20(21)14-18;/h5-9,12,14,16H,2-4,10-11,13,15H2,1H3;1H2/t16-;/m0./s1. The van der Waals surface area contributed by atoms with Crippen LogP contribution in [0.4, 0.5) is 0 Å². The third-order valence-electron chi connectivity index (χ3n) is 4.69. The first-order chi connectivity index (χ1) is 12.1. The summed E-state index contributed by atoms with van der Waals surface area (Å²) in [7, 11) is 0. The second kappa shape index (κ2) is 9.90. The largest absolute Gasteiger partial charge is 0.618 e. The highest BCUT2D eigenvalue weighted by Crippen LogP contribution is 2.23. The maximum absolute atomic E-state index is 11.4. The number of aromatic nitrogens is 1. The SMILES string of the molecule is C[C@H]1CCCN(CCCOc2ccc(-c3cc[n+]([O-])c(Br)c3)cc2)C1.O. The highest BCUT2D eigenvalue weighted by Gasteiger charge is 2.15. The van der Waals surface area contributed by atoms with Crippen molar-refractivity contribution in [2.45, 2.75) is 26.2 Å². The van der Waals surface area contributed by atoms with Crippen molar-refractivity contribution in [3.8, 4) is 16.9 Å². The Bertz CT molecular complexity index is 694. The van der Waals surface area contributed by atoms with Crippen LogP contribution in [0.2, 0.25) is 0 Å². The second-order valence-corrected chi connectivity index (χ2v) is 7.65. The fourth-order valence-electron chi connectivity index (χ4n) is 3.35. The van der Waals surface area contributed by atoms with Gasteiger partial charge in [-0.3, -0.25) is 0 Å². The lowest BCUT2D eigenvalue weighted by Gasteiger charge is -2.30. The minimum atomic E-state index is 0. The van der Waals surface area contributed by atoms with Gasteiger partial charge in [0, 0.05) is 41.2 Å². The lowest BCUT2D eigenvalue weighted by molar-refractivity contribution is -0.617. The molecule has 1 aromatic heterocycles. The van der Waals surface area contributed by atoms with E-state index >= 15 is 0 Å². The molecule has 0 radical (unpaired) electrons. The van der Waals surface area contributed by atoms with Crippen molar-refractivity contribution in [1.82, 2.24) is 4.90 Å². The van der Waals surface area contributed by atoms with Gasteiger partial charge in [0.15, 0.2) is 6.20 Å². The zero-order valence-corrected chi connectivity index (χ0v) is 16.7. The van der Waals surface area contributed by atoms with Crippen molar-refractivity contribution in [1.29, 1.82) is 0 Å². The van der Waals surface area contributed by atoms with Gasteiger partial charge in [0.05, 0.1) is 6.61 Å². The molecule has 5 nitrogen and oxygen atoms in total. The number of ether oxygens (including phenoxy) is 1. The number of halogens is 1. The Balaban J connectivity index is 0.00000243. The predicted octanol–water partition coefficient (Wildman–Crippen LogP) is 3.43. The van der Waals surface area contributed by atoms with Crippen molar-refractivity contribution < 1.29 is 14.9 Å². The molecular weight excluding hydrogens is 396 g/mol. The number of benzene rings is 1. The van der Waals surface area contributed by atoms with Crippen molar-refractivity contribution in [3.63, 3.8) is 0 Å². The van der Waals surface area contributed by atoms with Crippen molar-refractivity contribution >= 4 is 15.9 Å². The molecule has 142 valence electrons. The summed E-state index contributed by atoms with van der Waals surface area (Å²) in [6, 6.07) is 11.7. The Morgan fingerprint density at radius 1 is 1.23 bits per heavy atom. The summed E-state index contributed by atoms with van der Waals surface area (Å²) in [6.45, 7) is 6.67. The van der Waals surface area contributed by atoms with Crippen LogP contribution in [0.3, 0.4) is 0 Å². The summed E-state index contributed by atoms with van der Waals surface area (Å²) in [5.74, 6) is 1.72. The number of nitrogens with zero attached hydrogens (tertiary/aromatic N) is 2. The predicted molar refractivity (Wildman–Crippen MR) is 107 cm³/mol. The third kappa shape index (κ3) is 5.69. The van der Waals surface area contributed by atoms with Crippen LogP contribution in [0.1, 0.15) is 26.2 Å². The van der Waals surface area contributed by atoms with Crippen LogP contribution < -0.4 is 9.47 Å². The molecule has 6 heteroatoms. The van der Waals surface area contributed by atoms with E-state index in [2.05, 4.69) is 27.8 Å². The van der Waals surface area contributed by atoms with Crippen LogP contribution in [0.25, 0.3) is 11.1 Å². The van der Waals surface area contributed by atoms with Crippen LogP contribution in [-0.2, 0) is 0 Å². The highest BCUT2D eigenvalue weighted by atomic mass is 79.9. The van der Waals surface area contributed by atoms with E-state index in [4.69, 9.17) is 4.74 Å². The number of piperidine rings is 1. The molecule has 3 rings (SSSR count). The zero-order valence-electron chi connectivity index (χ0n) is 15.2. The van der Waals surface area contributed by atoms with Gasteiger partial charge in [0.2, 0.25) is 0 Å². The molecule has 0 saturated carbocycles. The van der Waals surface area contributed by atoms with Crippen LogP contribution in [0.15, 0.2) is 47.2 Å². The Morgan fingerprint density at radius 3 is 2.69 bits per heavy atom. The molecule has 2 heterocycles. The second-order valence-electron chi connectivity index (χ2n) is 6.84.